The van der Waals surface area contributed by atoms with Gasteiger partial charge in [0.2, 0.25) is 0 Å². The second-order valence-electron chi connectivity index (χ2n) is 7.87. The molecule has 4 rings (SSSR count). The number of aromatic nitrogens is 1. The lowest BCUT2D eigenvalue weighted by atomic mass is 10.1. The van der Waals surface area contributed by atoms with Crippen molar-refractivity contribution in [2.75, 3.05) is 7.11 Å². The molecular weight excluding hydrogens is 387 g/mol. The molecule has 1 aromatic heterocycles. The van der Waals surface area contributed by atoms with Gasteiger partial charge in [0.05, 0.1) is 12.8 Å². The van der Waals surface area contributed by atoms with Gasteiger partial charge in [0.25, 0.3) is 0 Å². The zero-order valence-electron chi connectivity index (χ0n) is 17.8. The van der Waals surface area contributed by atoms with Gasteiger partial charge in [0.15, 0.2) is 0 Å². The molecule has 0 saturated heterocycles. The van der Waals surface area contributed by atoms with Crippen LogP contribution in [-0.2, 0) is 26.2 Å². The van der Waals surface area contributed by atoms with Gasteiger partial charge in [-0.2, -0.15) is 0 Å². The Morgan fingerprint density at radius 1 is 0.742 bits per heavy atom. The summed E-state index contributed by atoms with van der Waals surface area (Å²) >= 11 is 0. The maximum atomic E-state index is 13.6. The summed E-state index contributed by atoms with van der Waals surface area (Å²) in [5.74, 6) is 0.680. The highest BCUT2D eigenvalue weighted by Crippen LogP contribution is 2.12. The first kappa shape index (κ1) is 20.9. The molecule has 0 saturated carbocycles. The number of halogens is 1. The van der Waals surface area contributed by atoms with E-state index in [0.29, 0.717) is 6.54 Å². The van der Waals surface area contributed by atoms with Crippen molar-refractivity contribution in [3.05, 3.63) is 125 Å². The number of benzene rings is 3. The summed E-state index contributed by atoms with van der Waals surface area (Å²) in [6, 6.07) is 30.0. The van der Waals surface area contributed by atoms with Gasteiger partial charge >= 0.3 is 0 Å². The topological polar surface area (TPSA) is 18.6 Å². The summed E-state index contributed by atoms with van der Waals surface area (Å²) < 4.78 is 21.1. The third-order valence-corrected chi connectivity index (χ3v) is 5.51. The van der Waals surface area contributed by atoms with E-state index in [1.165, 1.54) is 27.8 Å². The molecule has 1 unspecified atom stereocenters. The van der Waals surface area contributed by atoms with Crippen molar-refractivity contribution < 1.29 is 14.0 Å². The van der Waals surface area contributed by atoms with E-state index in [0.717, 1.165) is 30.9 Å². The van der Waals surface area contributed by atoms with Crippen LogP contribution in [0.1, 0.15) is 22.4 Å². The van der Waals surface area contributed by atoms with Gasteiger partial charge in [-0.15, -0.1) is 0 Å². The smallest absolute Gasteiger partial charge is 0.123 e. The van der Waals surface area contributed by atoms with Crippen LogP contribution in [0.15, 0.2) is 97.2 Å². The fourth-order valence-electron chi connectivity index (χ4n) is 3.96. The Kier molecular flexibility index (Phi) is 6.80. The van der Waals surface area contributed by atoms with Gasteiger partial charge in [-0.3, -0.25) is 0 Å². The van der Waals surface area contributed by atoms with Crippen molar-refractivity contribution in [1.82, 2.24) is 4.57 Å². The highest BCUT2D eigenvalue weighted by Gasteiger charge is 2.15. The minimum absolute atomic E-state index is 0.193. The van der Waals surface area contributed by atoms with Crippen molar-refractivity contribution in [2.24, 2.45) is 0 Å². The number of quaternary nitrogens is 1. The van der Waals surface area contributed by atoms with E-state index >= 15 is 0 Å². The minimum Gasteiger partial charge on any atom is -0.497 e. The average molecular weight is 416 g/mol. The first-order valence-corrected chi connectivity index (χ1v) is 10.6. The quantitative estimate of drug-likeness (QED) is 0.427. The normalized spacial score (nSPS) is 11.9. The van der Waals surface area contributed by atoms with Crippen molar-refractivity contribution in [2.45, 2.75) is 26.2 Å². The van der Waals surface area contributed by atoms with Crippen LogP contribution in [-0.4, -0.2) is 11.7 Å². The number of nitrogens with one attached hydrogen (secondary N) is 1. The number of nitrogens with zero attached hydrogens (tertiary/aromatic N) is 1. The molecular formula is C27H28FN2O+. The Balaban J connectivity index is 1.53. The lowest BCUT2D eigenvalue weighted by Gasteiger charge is -2.21. The Bertz CT molecular complexity index is 1090. The van der Waals surface area contributed by atoms with Crippen molar-refractivity contribution in [1.29, 1.82) is 0 Å². The van der Waals surface area contributed by atoms with Crippen LogP contribution >= 0.6 is 0 Å². The van der Waals surface area contributed by atoms with E-state index in [2.05, 4.69) is 65.4 Å². The number of hydrogen-bond acceptors (Lipinski definition) is 1. The van der Waals surface area contributed by atoms with Crippen LogP contribution in [0, 0.1) is 5.82 Å². The minimum atomic E-state index is -0.193. The molecule has 1 N–H and O–H groups in total. The molecule has 0 aliphatic heterocycles. The van der Waals surface area contributed by atoms with Crippen molar-refractivity contribution >= 4 is 0 Å². The maximum absolute atomic E-state index is 13.6. The molecule has 4 heteroatoms. The SMILES string of the molecule is COc1ccc(C[NH+](Cc2ccccc2)Cc2cccn2Cc2cccc(F)c2)cc1. The molecule has 0 bridgehead atoms. The highest BCUT2D eigenvalue weighted by atomic mass is 19.1. The highest BCUT2D eigenvalue weighted by molar-refractivity contribution is 5.26. The Morgan fingerprint density at radius 3 is 2.16 bits per heavy atom. The number of hydrogen-bond donors (Lipinski definition) is 1. The van der Waals surface area contributed by atoms with Crippen molar-refractivity contribution in [3.8, 4) is 5.75 Å². The summed E-state index contributed by atoms with van der Waals surface area (Å²) in [7, 11) is 1.69. The van der Waals surface area contributed by atoms with Crippen molar-refractivity contribution in [3.63, 3.8) is 0 Å². The first-order chi connectivity index (χ1) is 15.2. The standard InChI is InChI=1S/C27H27FN2O/c1-31-27-14-12-23(13-15-27)19-29(18-22-7-3-2-4-8-22)21-26-11-6-16-30(26)20-24-9-5-10-25(28)17-24/h2-17H,18-21H2,1H3/p+1. The van der Waals surface area contributed by atoms with E-state index in [9.17, 15) is 4.39 Å². The molecule has 0 radical (unpaired) electrons. The lowest BCUT2D eigenvalue weighted by molar-refractivity contribution is -0.941. The van der Waals surface area contributed by atoms with E-state index in [1.807, 2.05) is 18.2 Å². The van der Waals surface area contributed by atoms with Gasteiger partial charge in [-0.1, -0.05) is 42.5 Å². The third kappa shape index (κ3) is 5.83. The predicted molar refractivity (Wildman–Crippen MR) is 121 cm³/mol. The molecule has 3 nitrogen and oxygen atoms in total. The second kappa shape index (κ2) is 10.1. The van der Waals surface area contributed by atoms with Crippen LogP contribution < -0.4 is 9.64 Å². The molecule has 0 spiro atoms. The van der Waals surface area contributed by atoms with Gasteiger partial charge in [0, 0.05) is 23.9 Å². The molecule has 0 aliphatic carbocycles. The molecule has 1 atom stereocenters. The van der Waals surface area contributed by atoms with Crippen LogP contribution in [0.2, 0.25) is 0 Å². The lowest BCUT2D eigenvalue weighted by Crippen LogP contribution is -3.08. The second-order valence-corrected chi connectivity index (χ2v) is 7.87. The molecule has 0 aliphatic rings. The Morgan fingerprint density at radius 2 is 1.45 bits per heavy atom. The fourth-order valence-corrected chi connectivity index (χ4v) is 3.96. The Labute approximate surface area is 183 Å². The van der Waals surface area contributed by atoms with E-state index < -0.39 is 0 Å². The summed E-state index contributed by atoms with van der Waals surface area (Å²) in [6.45, 7) is 3.38. The number of methoxy groups -OCH3 is 1. The van der Waals surface area contributed by atoms with Crippen LogP contribution in [0.5, 0.6) is 5.75 Å². The molecule has 0 fully saturated rings. The van der Waals surface area contributed by atoms with Gasteiger partial charge in [0.1, 0.15) is 31.2 Å². The summed E-state index contributed by atoms with van der Waals surface area (Å²) in [5.41, 5.74) is 4.80. The molecule has 31 heavy (non-hydrogen) atoms. The molecule has 3 aromatic carbocycles. The molecule has 1 heterocycles. The maximum Gasteiger partial charge on any atom is 0.123 e. The first-order valence-electron chi connectivity index (χ1n) is 10.6. The molecule has 0 amide bonds. The van der Waals surface area contributed by atoms with Crippen LogP contribution in [0.3, 0.4) is 0 Å². The largest absolute Gasteiger partial charge is 0.497 e. The zero-order chi connectivity index (χ0) is 21.5. The van der Waals surface area contributed by atoms with E-state index in [4.69, 9.17) is 4.74 Å². The summed E-state index contributed by atoms with van der Waals surface area (Å²) in [6.07, 6.45) is 2.08. The van der Waals surface area contributed by atoms with Gasteiger partial charge < -0.3 is 14.2 Å². The number of rotatable bonds is 9. The summed E-state index contributed by atoms with van der Waals surface area (Å²) in [4.78, 5) is 1.44. The molecule has 158 valence electrons. The van der Waals surface area contributed by atoms with Gasteiger partial charge in [-0.25, -0.2) is 4.39 Å². The fraction of sp³-hybridized carbons (Fsp3) is 0.185. The predicted octanol–water partition coefficient (Wildman–Crippen LogP) is 4.47. The van der Waals surface area contributed by atoms with E-state index in [1.54, 1.807) is 19.2 Å². The molecule has 4 aromatic rings. The number of ether oxygens (including phenoxy) is 1. The Hall–Kier alpha value is -3.37. The summed E-state index contributed by atoms with van der Waals surface area (Å²) in [5, 5.41) is 0. The van der Waals surface area contributed by atoms with Gasteiger partial charge in [-0.05, 0) is 54.1 Å². The van der Waals surface area contributed by atoms with Crippen LogP contribution in [0.25, 0.3) is 0 Å². The third-order valence-electron chi connectivity index (χ3n) is 5.51. The average Bonchev–Trinajstić information content (AvgIpc) is 3.21. The zero-order valence-corrected chi connectivity index (χ0v) is 17.8. The van der Waals surface area contributed by atoms with E-state index in [-0.39, 0.29) is 5.82 Å². The monoisotopic (exact) mass is 415 g/mol. The van der Waals surface area contributed by atoms with Crippen LogP contribution in [0.4, 0.5) is 4.39 Å².